The minimum atomic E-state index is -0.202. The van der Waals surface area contributed by atoms with Crippen molar-refractivity contribution in [3.8, 4) is 34.1 Å². The van der Waals surface area contributed by atoms with Gasteiger partial charge in [-0.1, -0.05) is 96.8 Å². The number of aryl methyl sites for hydroxylation is 4. The van der Waals surface area contributed by atoms with Gasteiger partial charge in [0.2, 0.25) is 0 Å². The Kier molecular flexibility index (Phi) is 10.6. The van der Waals surface area contributed by atoms with Gasteiger partial charge in [0.1, 0.15) is 5.82 Å². The second kappa shape index (κ2) is 14.7. The van der Waals surface area contributed by atoms with E-state index in [9.17, 15) is 0 Å². The Morgan fingerprint density at radius 1 is 0.736 bits per heavy atom. The molecule has 3 heterocycles. The van der Waals surface area contributed by atoms with Crippen LogP contribution < -0.4 is 4.74 Å². The summed E-state index contributed by atoms with van der Waals surface area (Å²) in [5.41, 5.74) is 12.1. The van der Waals surface area contributed by atoms with Crippen LogP contribution in [-0.4, -0.2) is 19.3 Å². The van der Waals surface area contributed by atoms with Crippen molar-refractivity contribution in [3.63, 3.8) is 0 Å². The molecule has 0 radical (unpaired) electrons. The van der Waals surface area contributed by atoms with E-state index >= 15 is 0 Å². The summed E-state index contributed by atoms with van der Waals surface area (Å²) in [6, 6.07) is 35.1. The van der Waals surface area contributed by atoms with E-state index in [1.165, 1.54) is 27.8 Å². The molecule has 0 spiro atoms. The number of nitrogens with zero attached hydrogens (tertiary/aromatic N) is 4. The van der Waals surface area contributed by atoms with Gasteiger partial charge in [-0.2, -0.15) is 11.2 Å². The van der Waals surface area contributed by atoms with Crippen LogP contribution in [0.4, 0.5) is 0 Å². The third-order valence-electron chi connectivity index (χ3n) is 10.1. The predicted octanol–water partition coefficient (Wildman–Crippen LogP) is 12.3. The predicted molar refractivity (Wildman–Crippen MR) is 216 cm³/mol. The van der Waals surface area contributed by atoms with E-state index in [-0.39, 0.29) is 31.3 Å². The van der Waals surface area contributed by atoms with Crippen LogP contribution in [0.2, 0.25) is 0 Å². The van der Waals surface area contributed by atoms with Crippen LogP contribution in [0.1, 0.15) is 94.9 Å². The van der Waals surface area contributed by atoms with Crippen molar-refractivity contribution >= 4 is 21.8 Å². The maximum Gasteiger partial charge on any atom is 2.00 e. The number of fused-ring (bicyclic) bond motifs is 3. The molecule has 274 valence electrons. The van der Waals surface area contributed by atoms with E-state index in [1.54, 1.807) is 0 Å². The minimum absolute atomic E-state index is 0. The van der Waals surface area contributed by atoms with E-state index in [0.29, 0.717) is 11.5 Å². The first kappa shape index (κ1) is 38.2. The van der Waals surface area contributed by atoms with Gasteiger partial charge >= 0.3 is 20.4 Å². The van der Waals surface area contributed by atoms with E-state index in [1.807, 2.05) is 12.3 Å². The maximum absolute atomic E-state index is 6.75. The topological polar surface area (TPSA) is 44.9 Å². The molecule has 7 rings (SSSR count). The molecule has 0 unspecified atom stereocenters. The summed E-state index contributed by atoms with van der Waals surface area (Å²) in [6.07, 6.45) is 5.25. The second-order valence-electron chi connectivity index (χ2n) is 16.3. The summed E-state index contributed by atoms with van der Waals surface area (Å²) in [5, 5.41) is 7.49. The minimum Gasteiger partial charge on any atom is -0.509 e. The fraction of sp³-hybridized carbons (Fsp3) is 0.319. The molecule has 0 N–H and O–H groups in total. The number of pyridine rings is 1. The SMILES string of the molecule is CCCCc1ccnc(-n2c3[c-]c(Oc4[c-]c(-n5nc(C)c(-c6c(C)cccc6C)c5C(C)(C)C)cc(C(C)(C)C)c4)ccc3c3ccccc32)c1.[Pd+2]. The Labute approximate surface area is 329 Å². The molecular weight excluding hydrogens is 743 g/mol. The van der Waals surface area contributed by atoms with Crippen molar-refractivity contribution in [1.82, 2.24) is 19.3 Å². The number of benzene rings is 4. The van der Waals surface area contributed by atoms with Gasteiger partial charge < -0.3 is 9.30 Å². The average Bonchev–Trinajstić information content (AvgIpc) is 3.61. The first-order chi connectivity index (χ1) is 24.7. The van der Waals surface area contributed by atoms with Crippen molar-refractivity contribution in [2.45, 2.75) is 99.3 Å². The van der Waals surface area contributed by atoms with Crippen LogP contribution in [0.25, 0.3) is 44.4 Å². The maximum atomic E-state index is 6.75. The standard InChI is InChI=1S/C47H50N4O.Pd/c1-11-12-18-33-23-24-48-42(25-33)50-40-20-14-13-19-38(40)39-22-21-36(29-41(39)50)52-37-27-34(46(5,6)7)26-35(28-37)51-45(47(8,9)10)44(32(4)49-51)43-30(2)16-15-17-31(43)3;/h13-17,19-27H,11-12,18H2,1-10H3;/q-2;+2. The van der Waals surface area contributed by atoms with Crippen molar-refractivity contribution in [2.75, 3.05) is 0 Å². The first-order valence-electron chi connectivity index (χ1n) is 18.6. The van der Waals surface area contributed by atoms with Crippen molar-refractivity contribution in [1.29, 1.82) is 0 Å². The molecule has 0 aliphatic carbocycles. The van der Waals surface area contributed by atoms with Gasteiger partial charge in [0, 0.05) is 34.2 Å². The molecular formula is C47H50N4OPd. The molecule has 53 heavy (non-hydrogen) atoms. The molecule has 4 aromatic carbocycles. The van der Waals surface area contributed by atoms with Gasteiger partial charge in [-0.15, -0.1) is 41.3 Å². The number of para-hydroxylation sites is 1. The van der Waals surface area contributed by atoms with Gasteiger partial charge in [0.15, 0.2) is 0 Å². The molecule has 0 aliphatic rings. The zero-order valence-corrected chi connectivity index (χ0v) is 34.3. The zero-order chi connectivity index (χ0) is 36.9. The largest absolute Gasteiger partial charge is 2.00 e. The average molecular weight is 793 g/mol. The molecule has 5 nitrogen and oxygen atoms in total. The molecule has 0 saturated carbocycles. The molecule has 0 bridgehead atoms. The van der Waals surface area contributed by atoms with Gasteiger partial charge in [-0.05, 0) is 90.6 Å². The van der Waals surface area contributed by atoms with Crippen LogP contribution >= 0.6 is 0 Å². The van der Waals surface area contributed by atoms with Gasteiger partial charge in [-0.3, -0.25) is 4.68 Å². The zero-order valence-electron chi connectivity index (χ0n) is 32.7. The molecule has 6 heteroatoms. The van der Waals surface area contributed by atoms with Gasteiger partial charge in [0.25, 0.3) is 0 Å². The van der Waals surface area contributed by atoms with Crippen LogP contribution in [0.15, 0.2) is 85.1 Å². The molecule has 3 aromatic heterocycles. The Bertz CT molecular complexity index is 2420. The summed E-state index contributed by atoms with van der Waals surface area (Å²) in [4.78, 5) is 4.84. The van der Waals surface area contributed by atoms with E-state index in [0.717, 1.165) is 69.5 Å². The molecule has 0 aliphatic heterocycles. The molecule has 7 aromatic rings. The molecule has 0 atom stereocenters. The fourth-order valence-corrected chi connectivity index (χ4v) is 7.44. The van der Waals surface area contributed by atoms with E-state index < -0.39 is 0 Å². The van der Waals surface area contributed by atoms with Crippen molar-refractivity contribution in [3.05, 3.63) is 131 Å². The van der Waals surface area contributed by atoms with Gasteiger partial charge in [-0.25, -0.2) is 4.98 Å². The van der Waals surface area contributed by atoms with E-state index in [2.05, 4.69) is 163 Å². The van der Waals surface area contributed by atoms with Crippen LogP contribution in [0, 0.1) is 32.9 Å². The number of rotatable bonds is 8. The molecule has 0 amide bonds. The fourth-order valence-electron chi connectivity index (χ4n) is 7.44. The van der Waals surface area contributed by atoms with Gasteiger partial charge in [0.05, 0.1) is 11.4 Å². The molecule has 0 fully saturated rings. The third-order valence-corrected chi connectivity index (χ3v) is 10.1. The summed E-state index contributed by atoms with van der Waals surface area (Å²) in [6.45, 7) is 22.2. The Morgan fingerprint density at radius 2 is 1.47 bits per heavy atom. The Balaban J connectivity index is 0.00000481. The number of ether oxygens (including phenoxy) is 1. The first-order valence-corrected chi connectivity index (χ1v) is 18.6. The summed E-state index contributed by atoms with van der Waals surface area (Å²) >= 11 is 0. The van der Waals surface area contributed by atoms with Crippen molar-refractivity contribution < 1.29 is 25.2 Å². The number of hydrogen-bond donors (Lipinski definition) is 0. The Hall–Kier alpha value is -4.50. The van der Waals surface area contributed by atoms with Crippen LogP contribution in [-0.2, 0) is 37.7 Å². The number of hydrogen-bond acceptors (Lipinski definition) is 3. The smallest absolute Gasteiger partial charge is 0.509 e. The quantitative estimate of drug-likeness (QED) is 0.114. The normalized spacial score (nSPS) is 12.0. The number of unbranched alkanes of at least 4 members (excludes halogenated alkanes) is 1. The number of aromatic nitrogens is 4. The van der Waals surface area contributed by atoms with E-state index in [4.69, 9.17) is 14.8 Å². The summed E-state index contributed by atoms with van der Waals surface area (Å²) < 4.78 is 11.1. The van der Waals surface area contributed by atoms with Crippen LogP contribution in [0.3, 0.4) is 0 Å². The van der Waals surface area contributed by atoms with Crippen molar-refractivity contribution in [2.24, 2.45) is 0 Å². The molecule has 0 saturated heterocycles. The Morgan fingerprint density at radius 3 is 2.17 bits per heavy atom. The third kappa shape index (κ3) is 7.37. The van der Waals surface area contributed by atoms with Crippen LogP contribution in [0.5, 0.6) is 11.5 Å². The monoisotopic (exact) mass is 792 g/mol. The summed E-state index contributed by atoms with van der Waals surface area (Å²) in [5.74, 6) is 2.14. The second-order valence-corrected chi connectivity index (χ2v) is 16.3. The summed E-state index contributed by atoms with van der Waals surface area (Å²) in [7, 11) is 0.